The van der Waals surface area contributed by atoms with Crippen LogP contribution in [0, 0.1) is 5.82 Å². The van der Waals surface area contributed by atoms with Crippen LogP contribution in [0.3, 0.4) is 0 Å². The number of carbonyl (C=O) groups excluding carboxylic acids is 1. The van der Waals surface area contributed by atoms with Gasteiger partial charge in [-0.25, -0.2) is 4.39 Å². The molecule has 74 valence electrons. The molecular formula is C10H10FNO2. The van der Waals surface area contributed by atoms with Gasteiger partial charge in [0.05, 0.1) is 5.69 Å². The summed E-state index contributed by atoms with van der Waals surface area (Å²) < 4.78 is 18.6. The molecule has 0 radical (unpaired) electrons. The summed E-state index contributed by atoms with van der Waals surface area (Å²) in [4.78, 5) is 11.7. The molecule has 2 N–H and O–H groups in total. The molecule has 3 nitrogen and oxygen atoms in total. The van der Waals surface area contributed by atoms with Crippen molar-refractivity contribution in [2.45, 2.75) is 19.4 Å². The van der Waals surface area contributed by atoms with Crippen molar-refractivity contribution >= 4 is 11.5 Å². The summed E-state index contributed by atoms with van der Waals surface area (Å²) in [5.41, 5.74) is 4.82. The molecule has 0 atom stereocenters. The van der Waals surface area contributed by atoms with Crippen molar-refractivity contribution in [3.63, 3.8) is 0 Å². The molecule has 1 heterocycles. The minimum atomic E-state index is -1.02. The van der Waals surface area contributed by atoms with E-state index in [2.05, 4.69) is 0 Å². The fourth-order valence-electron chi connectivity index (χ4n) is 1.50. The number of hydrogen-bond acceptors (Lipinski definition) is 3. The first-order chi connectivity index (χ1) is 6.43. The summed E-state index contributed by atoms with van der Waals surface area (Å²) in [6.07, 6.45) is 0. The zero-order chi connectivity index (χ0) is 10.5. The molecule has 2 rings (SSSR count). The minimum absolute atomic E-state index is 0.0324. The van der Waals surface area contributed by atoms with Gasteiger partial charge in [-0.2, -0.15) is 0 Å². The van der Waals surface area contributed by atoms with Crippen LogP contribution in [0.15, 0.2) is 12.1 Å². The molecule has 0 amide bonds. The number of ketones is 1. The topological polar surface area (TPSA) is 52.3 Å². The molecule has 0 unspecified atom stereocenters. The molecule has 4 heteroatoms. The summed E-state index contributed by atoms with van der Waals surface area (Å²) in [5, 5.41) is 0. The number of nitrogen functional groups attached to an aromatic ring is 1. The van der Waals surface area contributed by atoms with E-state index in [1.165, 1.54) is 12.1 Å². The van der Waals surface area contributed by atoms with Crippen molar-refractivity contribution in [3.05, 3.63) is 23.5 Å². The molecule has 1 aromatic rings. The highest BCUT2D eigenvalue weighted by Crippen LogP contribution is 2.40. The van der Waals surface area contributed by atoms with E-state index in [1.54, 1.807) is 13.8 Å². The van der Waals surface area contributed by atoms with E-state index in [-0.39, 0.29) is 17.1 Å². The fourth-order valence-corrected chi connectivity index (χ4v) is 1.50. The first kappa shape index (κ1) is 8.99. The number of anilines is 1. The number of benzene rings is 1. The van der Waals surface area contributed by atoms with Crippen LogP contribution >= 0.6 is 0 Å². The second-order valence-electron chi connectivity index (χ2n) is 3.78. The Morgan fingerprint density at radius 1 is 1.43 bits per heavy atom. The molecule has 0 bridgehead atoms. The predicted octanol–water partition coefficient (Wildman–Crippen LogP) is 1.76. The zero-order valence-corrected chi connectivity index (χ0v) is 7.93. The molecule has 1 aliphatic rings. The Kier molecular flexibility index (Phi) is 1.58. The van der Waals surface area contributed by atoms with E-state index in [0.29, 0.717) is 5.69 Å². The Morgan fingerprint density at radius 3 is 2.64 bits per heavy atom. The Bertz CT molecular complexity index is 426. The number of hydrogen-bond donors (Lipinski definition) is 1. The van der Waals surface area contributed by atoms with Gasteiger partial charge >= 0.3 is 0 Å². The number of halogens is 1. The number of rotatable bonds is 0. The zero-order valence-electron chi connectivity index (χ0n) is 7.93. The number of Topliss-reactive ketones (excluding diaryl/α,β-unsaturated/α-hetero) is 1. The van der Waals surface area contributed by atoms with Gasteiger partial charge in [0.1, 0.15) is 11.4 Å². The summed E-state index contributed by atoms with van der Waals surface area (Å²) in [5.74, 6) is -0.776. The number of ether oxygens (including phenoxy) is 1. The largest absolute Gasteiger partial charge is 0.477 e. The van der Waals surface area contributed by atoms with E-state index in [4.69, 9.17) is 10.5 Å². The normalized spacial score (nSPS) is 17.8. The van der Waals surface area contributed by atoms with E-state index in [9.17, 15) is 9.18 Å². The highest BCUT2D eigenvalue weighted by atomic mass is 19.1. The molecule has 1 aromatic carbocycles. The number of fused-ring (bicyclic) bond motifs is 1. The highest BCUT2D eigenvalue weighted by Gasteiger charge is 2.42. The Morgan fingerprint density at radius 2 is 2.07 bits per heavy atom. The smallest absolute Gasteiger partial charge is 0.212 e. The number of nitrogens with two attached hydrogens (primary N) is 1. The maximum atomic E-state index is 13.3. The summed E-state index contributed by atoms with van der Waals surface area (Å²) in [6, 6.07) is 2.57. The maximum Gasteiger partial charge on any atom is 0.212 e. The van der Waals surface area contributed by atoms with Crippen molar-refractivity contribution in [2.24, 2.45) is 0 Å². The average Bonchev–Trinajstić information content (AvgIpc) is 2.33. The first-order valence-corrected chi connectivity index (χ1v) is 4.25. The van der Waals surface area contributed by atoms with Crippen LogP contribution < -0.4 is 10.5 Å². The lowest BCUT2D eigenvalue weighted by Crippen LogP contribution is -2.32. The van der Waals surface area contributed by atoms with Gasteiger partial charge in [-0.3, -0.25) is 4.79 Å². The summed E-state index contributed by atoms with van der Waals surface area (Å²) in [7, 11) is 0. The second-order valence-corrected chi connectivity index (χ2v) is 3.78. The van der Waals surface area contributed by atoms with Crippen LogP contribution in [0.25, 0.3) is 0 Å². The standard InChI is InChI=1S/C10H10FNO2/c1-10(2)9(13)7-5(11)3-4-6(12)8(7)14-10/h3-4H,12H2,1-2H3. The van der Waals surface area contributed by atoms with Crippen molar-refractivity contribution in [3.8, 4) is 5.75 Å². The van der Waals surface area contributed by atoms with Crippen LogP contribution in [0.1, 0.15) is 24.2 Å². The van der Waals surface area contributed by atoms with E-state index >= 15 is 0 Å². The SMILES string of the molecule is CC1(C)Oc2c(N)ccc(F)c2C1=O. The van der Waals surface area contributed by atoms with Gasteiger partial charge in [0.25, 0.3) is 0 Å². The van der Waals surface area contributed by atoms with Gasteiger partial charge < -0.3 is 10.5 Å². The third-order valence-electron chi connectivity index (χ3n) is 2.27. The van der Waals surface area contributed by atoms with Crippen LogP contribution in [0.2, 0.25) is 0 Å². The third kappa shape index (κ3) is 0.999. The Balaban J connectivity index is 2.70. The van der Waals surface area contributed by atoms with Crippen molar-refractivity contribution in [1.82, 2.24) is 0 Å². The fraction of sp³-hybridized carbons (Fsp3) is 0.300. The molecule has 14 heavy (non-hydrogen) atoms. The predicted molar refractivity (Wildman–Crippen MR) is 49.8 cm³/mol. The van der Waals surface area contributed by atoms with Gasteiger partial charge in [-0.1, -0.05) is 0 Å². The van der Waals surface area contributed by atoms with E-state index < -0.39 is 11.4 Å². The van der Waals surface area contributed by atoms with Crippen molar-refractivity contribution in [1.29, 1.82) is 0 Å². The van der Waals surface area contributed by atoms with Crippen molar-refractivity contribution in [2.75, 3.05) is 5.73 Å². The molecular weight excluding hydrogens is 185 g/mol. The summed E-state index contributed by atoms with van der Waals surface area (Å²) >= 11 is 0. The van der Waals surface area contributed by atoms with Gasteiger partial charge in [0.15, 0.2) is 11.4 Å². The first-order valence-electron chi connectivity index (χ1n) is 4.25. The monoisotopic (exact) mass is 195 g/mol. The Labute approximate surface area is 80.7 Å². The van der Waals surface area contributed by atoms with E-state index in [0.717, 1.165) is 0 Å². The maximum absolute atomic E-state index is 13.3. The van der Waals surface area contributed by atoms with Crippen LogP contribution in [0.5, 0.6) is 5.75 Å². The van der Waals surface area contributed by atoms with Crippen LogP contribution in [0.4, 0.5) is 10.1 Å². The molecule has 0 spiro atoms. The molecule has 1 aliphatic heterocycles. The lowest BCUT2D eigenvalue weighted by molar-refractivity contribution is 0.0684. The quantitative estimate of drug-likeness (QED) is 0.642. The molecule has 0 fully saturated rings. The van der Waals surface area contributed by atoms with Gasteiger partial charge in [0, 0.05) is 0 Å². The third-order valence-corrected chi connectivity index (χ3v) is 2.27. The summed E-state index contributed by atoms with van der Waals surface area (Å²) in [6.45, 7) is 3.18. The Hall–Kier alpha value is -1.58. The van der Waals surface area contributed by atoms with Crippen LogP contribution in [-0.2, 0) is 0 Å². The average molecular weight is 195 g/mol. The molecule has 0 saturated heterocycles. The molecule has 0 aliphatic carbocycles. The lowest BCUT2D eigenvalue weighted by Gasteiger charge is -2.15. The van der Waals surface area contributed by atoms with Crippen LogP contribution in [-0.4, -0.2) is 11.4 Å². The lowest BCUT2D eigenvalue weighted by atomic mass is 9.99. The number of carbonyl (C=O) groups is 1. The molecule has 0 saturated carbocycles. The minimum Gasteiger partial charge on any atom is -0.477 e. The van der Waals surface area contributed by atoms with Gasteiger partial charge in [-0.05, 0) is 26.0 Å². The second kappa shape index (κ2) is 2.47. The van der Waals surface area contributed by atoms with Crippen molar-refractivity contribution < 1.29 is 13.9 Å². The van der Waals surface area contributed by atoms with E-state index in [1.807, 2.05) is 0 Å². The van der Waals surface area contributed by atoms with Gasteiger partial charge in [0.2, 0.25) is 5.78 Å². The van der Waals surface area contributed by atoms with Gasteiger partial charge in [-0.15, -0.1) is 0 Å². The molecule has 0 aromatic heterocycles. The highest BCUT2D eigenvalue weighted by molar-refractivity contribution is 6.08.